The van der Waals surface area contributed by atoms with E-state index in [2.05, 4.69) is 15.3 Å². The molecule has 2 atom stereocenters. The van der Waals surface area contributed by atoms with Gasteiger partial charge in [-0.1, -0.05) is 23.7 Å². The molecule has 4 rings (SSSR count). The number of alkyl halides is 2. The highest BCUT2D eigenvalue weighted by Gasteiger charge is 2.47. The van der Waals surface area contributed by atoms with Crippen LogP contribution in [0.1, 0.15) is 23.5 Å². The molecule has 0 saturated carbocycles. The molecule has 3 heterocycles. The lowest BCUT2D eigenvalue weighted by Crippen LogP contribution is -2.39. The maximum atomic E-state index is 14.7. The number of carbonyl (C=O) groups excluding carboxylic acids is 1. The van der Waals surface area contributed by atoms with Crippen LogP contribution in [0.5, 0.6) is 0 Å². The van der Waals surface area contributed by atoms with Crippen LogP contribution in [0.15, 0.2) is 58.2 Å². The smallest absolute Gasteiger partial charge is 0.338 e. The summed E-state index contributed by atoms with van der Waals surface area (Å²) in [4.78, 5) is 34.3. The lowest BCUT2D eigenvalue weighted by Gasteiger charge is -2.29. The number of hydrogen-bond acceptors (Lipinski definition) is 8. The highest BCUT2D eigenvalue weighted by molar-refractivity contribution is 7.11. The van der Waals surface area contributed by atoms with E-state index in [9.17, 15) is 22.8 Å². The van der Waals surface area contributed by atoms with Crippen molar-refractivity contribution >= 4 is 40.7 Å². The summed E-state index contributed by atoms with van der Waals surface area (Å²) in [5.74, 6) is -6.85. The summed E-state index contributed by atoms with van der Waals surface area (Å²) in [5, 5.41) is 14.1. The van der Waals surface area contributed by atoms with E-state index >= 15 is 0 Å². The Kier molecular flexibility index (Phi) is 8.00. The van der Waals surface area contributed by atoms with Crippen molar-refractivity contribution in [2.45, 2.75) is 18.9 Å². The molecule has 2 aliphatic heterocycles. The number of likely N-dealkylation sites (tertiary alicyclic amines) is 1. The maximum absolute atomic E-state index is 14.7. The van der Waals surface area contributed by atoms with Crippen LogP contribution in [0, 0.1) is 11.7 Å². The number of nitrogens with one attached hydrogen (secondary N) is 1. The molecule has 0 amide bonds. The number of carboxylic acid groups (broad SMARTS) is 1. The van der Waals surface area contributed by atoms with Crippen molar-refractivity contribution in [1.82, 2.24) is 15.2 Å². The van der Waals surface area contributed by atoms with E-state index in [-0.39, 0.29) is 41.8 Å². The van der Waals surface area contributed by atoms with E-state index in [0.717, 1.165) is 12.1 Å². The Bertz CT molecular complexity index is 1280. The molecule has 2 aromatic rings. The fourth-order valence-electron chi connectivity index (χ4n) is 4.20. The molecular weight excluding hydrogens is 533 g/mol. The summed E-state index contributed by atoms with van der Waals surface area (Å²) in [6.45, 7) is 0.741. The van der Waals surface area contributed by atoms with Crippen molar-refractivity contribution in [3.05, 3.63) is 74.6 Å². The lowest BCUT2D eigenvalue weighted by atomic mass is 9.95. The van der Waals surface area contributed by atoms with Crippen LogP contribution in [-0.2, 0) is 14.3 Å². The van der Waals surface area contributed by atoms with Crippen LogP contribution < -0.4 is 5.32 Å². The second-order valence-corrected chi connectivity index (χ2v) is 9.66. The fraction of sp³-hybridized carbons (Fsp3) is 0.333. The molecule has 1 saturated heterocycles. The van der Waals surface area contributed by atoms with Gasteiger partial charge in [-0.05, 0) is 19.1 Å². The van der Waals surface area contributed by atoms with Crippen molar-refractivity contribution in [3.63, 3.8) is 0 Å². The summed E-state index contributed by atoms with van der Waals surface area (Å²) >= 11 is 7.61. The maximum Gasteiger partial charge on any atom is 0.338 e. The number of esters is 1. The standard InChI is InChI=1S/C24H22ClF3N4O4S/c1-2-36-23(35)19-17(11-32-10-13(3-6-18(33)34)24(27,28)12-32)30-21(22-29-7-8-37-22)31-20(19)15-5-4-14(26)9-16(15)25/h3-9,13,20H,2,10-12H2,1H3,(H,30,31)(H,33,34)/b6-3+/t13?,20-/m0/s1. The molecule has 1 aromatic heterocycles. The molecule has 2 N–H and O–H groups in total. The Balaban J connectivity index is 1.77. The first-order chi connectivity index (χ1) is 17.6. The zero-order chi connectivity index (χ0) is 26.7. The van der Waals surface area contributed by atoms with E-state index in [1.165, 1.54) is 28.4 Å². The van der Waals surface area contributed by atoms with Gasteiger partial charge in [0.2, 0.25) is 0 Å². The molecule has 0 bridgehead atoms. The number of halogens is 4. The molecule has 37 heavy (non-hydrogen) atoms. The van der Waals surface area contributed by atoms with E-state index in [1.807, 2.05) is 0 Å². The highest BCUT2D eigenvalue weighted by atomic mass is 35.5. The van der Waals surface area contributed by atoms with Crippen LogP contribution in [0.3, 0.4) is 0 Å². The van der Waals surface area contributed by atoms with Crippen LogP contribution in [-0.4, -0.2) is 64.9 Å². The first-order valence-electron chi connectivity index (χ1n) is 11.2. The van der Waals surface area contributed by atoms with Gasteiger partial charge in [-0.15, -0.1) is 11.3 Å². The number of aliphatic carboxylic acids is 1. The van der Waals surface area contributed by atoms with Gasteiger partial charge in [0, 0.05) is 47.0 Å². The third-order valence-corrected chi connectivity index (χ3v) is 6.91. The van der Waals surface area contributed by atoms with Crippen LogP contribution in [0.4, 0.5) is 13.2 Å². The lowest BCUT2D eigenvalue weighted by molar-refractivity contribution is -0.139. The Labute approximate surface area is 219 Å². The van der Waals surface area contributed by atoms with E-state index in [1.54, 1.807) is 18.5 Å². The minimum absolute atomic E-state index is 0.0295. The fourth-order valence-corrected chi connectivity index (χ4v) is 5.06. The number of rotatable bonds is 8. The van der Waals surface area contributed by atoms with Gasteiger partial charge in [-0.25, -0.2) is 27.7 Å². The number of carboxylic acids is 1. The molecule has 196 valence electrons. The van der Waals surface area contributed by atoms with E-state index < -0.39 is 42.2 Å². The third-order valence-electron chi connectivity index (χ3n) is 5.80. The molecule has 0 spiro atoms. The van der Waals surface area contributed by atoms with Crippen molar-refractivity contribution in [3.8, 4) is 0 Å². The molecule has 1 unspecified atom stereocenters. The molecular formula is C24H22ClF3N4O4S. The predicted molar refractivity (Wildman–Crippen MR) is 131 cm³/mol. The zero-order valence-corrected chi connectivity index (χ0v) is 21.0. The number of ether oxygens (including phenoxy) is 1. The summed E-state index contributed by atoms with van der Waals surface area (Å²) < 4.78 is 48.4. The van der Waals surface area contributed by atoms with Crippen LogP contribution in [0.2, 0.25) is 5.02 Å². The van der Waals surface area contributed by atoms with Crippen molar-refractivity contribution in [2.75, 3.05) is 26.2 Å². The quantitative estimate of drug-likeness (QED) is 0.375. The van der Waals surface area contributed by atoms with Gasteiger partial charge in [0.05, 0.1) is 24.6 Å². The summed E-state index contributed by atoms with van der Waals surface area (Å²) in [7, 11) is 0. The first kappa shape index (κ1) is 26.8. The average molecular weight is 555 g/mol. The number of aliphatic imine (C=N–C) groups is 1. The number of nitrogens with zero attached hydrogens (tertiary/aromatic N) is 3. The number of hydrogen-bond donors (Lipinski definition) is 2. The number of thiazole rings is 1. The number of amidine groups is 1. The molecule has 1 aromatic carbocycles. The first-order valence-corrected chi connectivity index (χ1v) is 12.5. The molecule has 0 aliphatic carbocycles. The number of benzene rings is 1. The van der Waals surface area contributed by atoms with Crippen LogP contribution >= 0.6 is 22.9 Å². The Morgan fingerprint density at radius 1 is 1.41 bits per heavy atom. The normalized spacial score (nSPS) is 21.7. The summed E-state index contributed by atoms with van der Waals surface area (Å²) in [6, 6.07) is 2.67. The van der Waals surface area contributed by atoms with Gasteiger partial charge in [-0.3, -0.25) is 9.89 Å². The Hall–Kier alpha value is -3.22. The second-order valence-electron chi connectivity index (χ2n) is 8.36. The monoisotopic (exact) mass is 554 g/mol. The molecule has 2 aliphatic rings. The minimum atomic E-state index is -3.18. The van der Waals surface area contributed by atoms with Crippen molar-refractivity contribution < 1.29 is 32.6 Å². The van der Waals surface area contributed by atoms with Crippen LogP contribution in [0.25, 0.3) is 0 Å². The van der Waals surface area contributed by atoms with Gasteiger partial charge >= 0.3 is 11.9 Å². The van der Waals surface area contributed by atoms with Gasteiger partial charge in [0.15, 0.2) is 10.8 Å². The number of aromatic nitrogens is 1. The molecule has 1 fully saturated rings. The Morgan fingerprint density at radius 2 is 2.19 bits per heavy atom. The van der Waals surface area contributed by atoms with Crippen molar-refractivity contribution in [2.24, 2.45) is 10.9 Å². The molecule has 13 heteroatoms. The second kappa shape index (κ2) is 11.0. The average Bonchev–Trinajstić information content (AvgIpc) is 3.45. The predicted octanol–water partition coefficient (Wildman–Crippen LogP) is 4.05. The minimum Gasteiger partial charge on any atom is -0.478 e. The SMILES string of the molecule is CCOC(=O)C1=C(CN2CC(/C=C/C(=O)O)C(F)(F)C2)NC(c2nccs2)=N[C@H]1c1ccc(F)cc1Cl. The van der Waals surface area contributed by atoms with E-state index in [4.69, 9.17) is 21.4 Å². The summed E-state index contributed by atoms with van der Waals surface area (Å²) in [6.07, 6.45) is 3.24. The van der Waals surface area contributed by atoms with Gasteiger partial charge in [0.25, 0.3) is 5.92 Å². The van der Waals surface area contributed by atoms with Crippen molar-refractivity contribution in [1.29, 1.82) is 0 Å². The van der Waals surface area contributed by atoms with Gasteiger partial charge in [0.1, 0.15) is 11.9 Å². The zero-order valence-electron chi connectivity index (χ0n) is 19.5. The largest absolute Gasteiger partial charge is 0.478 e. The van der Waals surface area contributed by atoms with E-state index in [0.29, 0.717) is 16.6 Å². The topological polar surface area (TPSA) is 104 Å². The number of carbonyl (C=O) groups is 2. The Morgan fingerprint density at radius 3 is 2.84 bits per heavy atom. The highest BCUT2D eigenvalue weighted by Crippen LogP contribution is 2.39. The summed E-state index contributed by atoms with van der Waals surface area (Å²) in [5.41, 5.74) is 0.624. The van der Waals surface area contributed by atoms with Gasteiger partial charge < -0.3 is 15.2 Å². The molecule has 8 nitrogen and oxygen atoms in total. The third kappa shape index (κ3) is 6.03. The van der Waals surface area contributed by atoms with Gasteiger partial charge in [-0.2, -0.15) is 0 Å². The molecule has 0 radical (unpaired) electrons.